The van der Waals surface area contributed by atoms with E-state index in [1.54, 1.807) is 30.1 Å². The topological polar surface area (TPSA) is 53.3 Å². The number of amides is 1. The third-order valence-corrected chi connectivity index (χ3v) is 2.61. The number of hydrogen-bond acceptors (Lipinski definition) is 3. The molecule has 1 atom stereocenters. The van der Waals surface area contributed by atoms with Gasteiger partial charge in [0.15, 0.2) is 0 Å². The molecule has 1 aromatic carbocycles. The molecule has 16 heavy (non-hydrogen) atoms. The number of carbonyl (C=O) groups is 1. The quantitative estimate of drug-likeness (QED) is 0.663. The highest BCUT2D eigenvalue weighted by Gasteiger charge is 2.24. The van der Waals surface area contributed by atoms with E-state index in [4.69, 9.17) is 10.00 Å². The summed E-state index contributed by atoms with van der Waals surface area (Å²) in [6.45, 7) is 1.86. The summed E-state index contributed by atoms with van der Waals surface area (Å²) in [6.07, 6.45) is 0.219. The second-order valence-corrected chi connectivity index (χ2v) is 3.88. The van der Waals surface area contributed by atoms with Gasteiger partial charge in [0.2, 0.25) is 5.91 Å². The summed E-state index contributed by atoms with van der Waals surface area (Å²) in [5.41, 5.74) is 1.19. The first-order valence-corrected chi connectivity index (χ1v) is 5.09. The summed E-state index contributed by atoms with van der Waals surface area (Å²) in [7, 11) is 1.70. The number of carbonyl (C=O) groups excluding carboxylic acids is 1. The number of nitrogens with zero attached hydrogens (tertiary/aromatic N) is 2. The SMILES string of the molecule is CC1CC(=O)N(C)c2cc(C#N)ccc2O1. The van der Waals surface area contributed by atoms with Crippen LogP contribution in [0.5, 0.6) is 5.75 Å². The van der Waals surface area contributed by atoms with Gasteiger partial charge in [-0.25, -0.2) is 0 Å². The molecule has 0 saturated heterocycles. The van der Waals surface area contributed by atoms with Crippen LogP contribution < -0.4 is 9.64 Å². The highest BCUT2D eigenvalue weighted by Crippen LogP contribution is 2.32. The average molecular weight is 216 g/mol. The first-order chi connectivity index (χ1) is 7.61. The lowest BCUT2D eigenvalue weighted by atomic mass is 10.2. The van der Waals surface area contributed by atoms with Gasteiger partial charge in [-0.2, -0.15) is 5.26 Å². The second-order valence-electron chi connectivity index (χ2n) is 3.88. The van der Waals surface area contributed by atoms with Crippen molar-refractivity contribution in [3.8, 4) is 11.8 Å². The Morgan fingerprint density at radius 2 is 2.31 bits per heavy atom. The van der Waals surface area contributed by atoms with E-state index >= 15 is 0 Å². The van der Waals surface area contributed by atoms with E-state index in [2.05, 4.69) is 6.07 Å². The van der Waals surface area contributed by atoms with Crippen LogP contribution in [0.25, 0.3) is 0 Å². The van der Waals surface area contributed by atoms with Crippen LogP contribution in [-0.2, 0) is 4.79 Å². The molecule has 0 spiro atoms. The van der Waals surface area contributed by atoms with Crippen LogP contribution >= 0.6 is 0 Å². The summed E-state index contributed by atoms with van der Waals surface area (Å²) in [5, 5.41) is 8.82. The van der Waals surface area contributed by atoms with Crippen molar-refractivity contribution in [3.63, 3.8) is 0 Å². The minimum Gasteiger partial charge on any atom is -0.488 e. The number of ether oxygens (including phenoxy) is 1. The Balaban J connectivity index is 2.52. The Hall–Kier alpha value is -2.02. The second kappa shape index (κ2) is 3.86. The van der Waals surface area contributed by atoms with Crippen molar-refractivity contribution in [1.82, 2.24) is 0 Å². The molecule has 0 aromatic heterocycles. The van der Waals surface area contributed by atoms with Gasteiger partial charge in [0, 0.05) is 7.05 Å². The predicted molar refractivity (Wildman–Crippen MR) is 59.3 cm³/mol. The zero-order valence-electron chi connectivity index (χ0n) is 9.23. The Bertz CT molecular complexity index is 476. The zero-order chi connectivity index (χ0) is 11.7. The van der Waals surface area contributed by atoms with Crippen LogP contribution in [0.2, 0.25) is 0 Å². The fraction of sp³-hybridized carbons (Fsp3) is 0.333. The molecule has 2 rings (SSSR count). The lowest BCUT2D eigenvalue weighted by Crippen LogP contribution is -2.27. The Morgan fingerprint density at radius 3 is 3.00 bits per heavy atom. The van der Waals surface area contributed by atoms with Crippen molar-refractivity contribution in [1.29, 1.82) is 5.26 Å². The molecule has 1 aromatic rings. The number of nitriles is 1. The van der Waals surface area contributed by atoms with Crippen molar-refractivity contribution < 1.29 is 9.53 Å². The maximum absolute atomic E-state index is 11.7. The van der Waals surface area contributed by atoms with Crippen molar-refractivity contribution in [2.24, 2.45) is 0 Å². The lowest BCUT2D eigenvalue weighted by Gasteiger charge is -2.16. The van der Waals surface area contributed by atoms with E-state index in [1.807, 2.05) is 6.92 Å². The van der Waals surface area contributed by atoms with Gasteiger partial charge in [-0.05, 0) is 25.1 Å². The molecule has 0 N–H and O–H groups in total. The van der Waals surface area contributed by atoms with Crippen LogP contribution in [0.1, 0.15) is 18.9 Å². The van der Waals surface area contributed by atoms with Gasteiger partial charge >= 0.3 is 0 Å². The number of rotatable bonds is 0. The molecule has 1 amide bonds. The Morgan fingerprint density at radius 1 is 1.56 bits per heavy atom. The van der Waals surface area contributed by atoms with E-state index < -0.39 is 0 Å². The van der Waals surface area contributed by atoms with Gasteiger partial charge in [0.1, 0.15) is 11.9 Å². The first-order valence-electron chi connectivity index (χ1n) is 5.09. The minimum atomic E-state index is -0.135. The third-order valence-electron chi connectivity index (χ3n) is 2.61. The fourth-order valence-corrected chi connectivity index (χ4v) is 1.72. The maximum Gasteiger partial charge on any atom is 0.230 e. The molecule has 82 valence electrons. The van der Waals surface area contributed by atoms with Gasteiger partial charge in [-0.15, -0.1) is 0 Å². The summed E-state index contributed by atoms with van der Waals surface area (Å²) in [5.74, 6) is 0.654. The highest BCUT2D eigenvalue weighted by atomic mass is 16.5. The predicted octanol–water partition coefficient (Wildman–Crippen LogP) is 1.69. The molecule has 1 unspecified atom stereocenters. The van der Waals surface area contributed by atoms with E-state index in [-0.39, 0.29) is 12.0 Å². The molecule has 0 fully saturated rings. The molecule has 0 bridgehead atoms. The molecule has 1 aliphatic rings. The molecule has 4 nitrogen and oxygen atoms in total. The summed E-state index contributed by atoms with van der Waals surface area (Å²) >= 11 is 0. The van der Waals surface area contributed by atoms with Crippen molar-refractivity contribution in [3.05, 3.63) is 23.8 Å². The molecule has 1 aliphatic heterocycles. The summed E-state index contributed by atoms with van der Waals surface area (Å²) in [6, 6.07) is 7.15. The third kappa shape index (κ3) is 1.72. The minimum absolute atomic E-state index is 0.00124. The fourth-order valence-electron chi connectivity index (χ4n) is 1.72. The van der Waals surface area contributed by atoms with E-state index in [0.717, 1.165) is 0 Å². The molecule has 1 heterocycles. The standard InChI is InChI=1S/C12H12N2O2/c1-8-5-12(15)14(2)10-6-9(7-13)3-4-11(10)16-8/h3-4,6,8H,5H2,1-2H3. The van der Waals surface area contributed by atoms with Crippen LogP contribution in [0.15, 0.2) is 18.2 Å². The first kappa shape index (κ1) is 10.5. The Kier molecular flexibility index (Phi) is 2.53. The van der Waals surface area contributed by atoms with E-state index in [1.165, 1.54) is 0 Å². The highest BCUT2D eigenvalue weighted by molar-refractivity contribution is 5.95. The van der Waals surface area contributed by atoms with Gasteiger partial charge < -0.3 is 9.64 Å². The molecule has 0 radical (unpaired) electrons. The van der Waals surface area contributed by atoms with Gasteiger partial charge in [-0.1, -0.05) is 0 Å². The van der Waals surface area contributed by atoms with E-state index in [9.17, 15) is 4.79 Å². The van der Waals surface area contributed by atoms with Crippen molar-refractivity contribution in [2.75, 3.05) is 11.9 Å². The number of fused-ring (bicyclic) bond motifs is 1. The van der Waals surface area contributed by atoms with Crippen molar-refractivity contribution in [2.45, 2.75) is 19.4 Å². The molecule has 4 heteroatoms. The van der Waals surface area contributed by atoms with Crippen LogP contribution in [-0.4, -0.2) is 19.1 Å². The Labute approximate surface area is 94.0 Å². The molecule has 0 saturated carbocycles. The van der Waals surface area contributed by atoms with Gasteiger partial charge in [-0.3, -0.25) is 4.79 Å². The molecule has 0 aliphatic carbocycles. The molecular formula is C12H12N2O2. The number of anilines is 1. The smallest absolute Gasteiger partial charge is 0.230 e. The summed E-state index contributed by atoms with van der Waals surface area (Å²) in [4.78, 5) is 13.3. The van der Waals surface area contributed by atoms with Crippen LogP contribution in [0.3, 0.4) is 0 Å². The van der Waals surface area contributed by atoms with Gasteiger partial charge in [0.05, 0.1) is 23.7 Å². The largest absolute Gasteiger partial charge is 0.488 e. The molecular weight excluding hydrogens is 204 g/mol. The summed E-state index contributed by atoms with van der Waals surface area (Å²) < 4.78 is 5.63. The normalized spacial score (nSPS) is 19.4. The van der Waals surface area contributed by atoms with Crippen LogP contribution in [0.4, 0.5) is 5.69 Å². The number of benzene rings is 1. The average Bonchev–Trinajstić information content (AvgIpc) is 2.37. The van der Waals surface area contributed by atoms with E-state index in [0.29, 0.717) is 23.4 Å². The van der Waals surface area contributed by atoms with Gasteiger partial charge in [0.25, 0.3) is 0 Å². The lowest BCUT2D eigenvalue weighted by molar-refractivity contribution is -0.119. The monoisotopic (exact) mass is 216 g/mol. The number of hydrogen-bond donors (Lipinski definition) is 0. The van der Waals surface area contributed by atoms with Crippen molar-refractivity contribution >= 4 is 11.6 Å². The maximum atomic E-state index is 11.7. The van der Waals surface area contributed by atoms with Crippen LogP contribution in [0, 0.1) is 11.3 Å². The zero-order valence-corrected chi connectivity index (χ0v) is 9.23.